The first-order chi connectivity index (χ1) is 25.7. The molecule has 0 bridgehead atoms. The molecule has 0 saturated heterocycles. The number of anilines is 1. The van der Waals surface area contributed by atoms with Gasteiger partial charge in [0.25, 0.3) is 11.8 Å². The lowest BCUT2D eigenvalue weighted by Gasteiger charge is -2.35. The third kappa shape index (κ3) is 9.12. The molecule has 2 saturated carbocycles. The lowest BCUT2D eigenvalue weighted by atomic mass is 9.74. The van der Waals surface area contributed by atoms with Crippen molar-refractivity contribution in [3.05, 3.63) is 100 Å². The van der Waals surface area contributed by atoms with Crippen molar-refractivity contribution in [2.75, 3.05) is 19.0 Å². The lowest BCUT2D eigenvalue weighted by molar-refractivity contribution is -0.159. The Kier molecular flexibility index (Phi) is 12.2. The Morgan fingerprint density at radius 2 is 1.60 bits per heavy atom. The van der Waals surface area contributed by atoms with Gasteiger partial charge in [-0.15, -0.1) is 0 Å². The molecule has 6 rings (SSSR count). The number of ether oxygens (including phenoxy) is 3. The molecule has 0 atom stereocenters. The van der Waals surface area contributed by atoms with E-state index >= 15 is 0 Å². The van der Waals surface area contributed by atoms with Crippen LogP contribution in [0.4, 0.5) is 5.69 Å². The molecule has 2 N–H and O–H groups in total. The quantitative estimate of drug-likeness (QED) is 0.116. The van der Waals surface area contributed by atoms with Gasteiger partial charge in [-0.05, 0) is 92.0 Å². The average Bonchev–Trinajstić information content (AvgIpc) is 3.46. The molecule has 0 aliphatic heterocycles. The molecule has 4 aromatic rings. The number of nitrogens with zero attached hydrogens (tertiary/aromatic N) is 1. The first-order valence-electron chi connectivity index (χ1n) is 18.5. The molecule has 276 valence electrons. The highest BCUT2D eigenvalue weighted by Gasteiger charge is 2.40. The van der Waals surface area contributed by atoms with E-state index in [4.69, 9.17) is 25.8 Å². The van der Waals surface area contributed by atoms with Crippen LogP contribution in [0, 0.1) is 22.7 Å². The van der Waals surface area contributed by atoms with E-state index in [1.165, 1.54) is 44.9 Å². The fourth-order valence-electron chi connectivity index (χ4n) is 7.46. The lowest BCUT2D eigenvalue weighted by Crippen LogP contribution is -2.37. The molecule has 2 amide bonds. The van der Waals surface area contributed by atoms with Gasteiger partial charge in [0, 0.05) is 17.6 Å². The van der Waals surface area contributed by atoms with Crippen molar-refractivity contribution in [2.45, 2.75) is 83.8 Å². The Bertz CT molecular complexity index is 2000. The second-order valence-electron chi connectivity index (χ2n) is 14.5. The molecular weight excluding hydrogens is 690 g/mol. The molecule has 9 nitrogen and oxygen atoms in total. The molecule has 2 fully saturated rings. The summed E-state index contributed by atoms with van der Waals surface area (Å²) in [6.07, 6.45) is 8.88. The summed E-state index contributed by atoms with van der Waals surface area (Å²) in [4.78, 5) is 40.5. The molecule has 2 aliphatic carbocycles. The second kappa shape index (κ2) is 17.2. The fourth-order valence-corrected chi connectivity index (χ4v) is 7.64. The average molecular weight is 736 g/mol. The zero-order valence-electron chi connectivity index (χ0n) is 30.3. The highest BCUT2D eigenvalue weighted by Crippen LogP contribution is 2.40. The largest absolute Gasteiger partial charge is 0.496 e. The number of esters is 1. The summed E-state index contributed by atoms with van der Waals surface area (Å²) in [5.41, 5.74) is 1.17. The van der Waals surface area contributed by atoms with Gasteiger partial charge >= 0.3 is 5.97 Å². The normalized spacial score (nSPS) is 19.0. The number of nitriles is 1. The van der Waals surface area contributed by atoms with Gasteiger partial charge in [0.05, 0.1) is 41.0 Å². The van der Waals surface area contributed by atoms with Gasteiger partial charge in [0.15, 0.2) is 0 Å². The summed E-state index contributed by atoms with van der Waals surface area (Å²) >= 11 is 6.31. The van der Waals surface area contributed by atoms with Crippen molar-refractivity contribution in [3.63, 3.8) is 0 Å². The van der Waals surface area contributed by atoms with E-state index in [2.05, 4.69) is 16.7 Å². The van der Waals surface area contributed by atoms with Crippen LogP contribution in [-0.2, 0) is 16.1 Å². The molecule has 0 radical (unpaired) electrons. The van der Waals surface area contributed by atoms with Gasteiger partial charge in [-0.2, -0.15) is 5.26 Å². The number of amides is 2. The van der Waals surface area contributed by atoms with Crippen LogP contribution in [0.1, 0.15) is 103 Å². The summed E-state index contributed by atoms with van der Waals surface area (Å²) in [7, 11) is 1.42. The molecule has 0 heterocycles. The van der Waals surface area contributed by atoms with Crippen molar-refractivity contribution in [3.8, 4) is 17.6 Å². The monoisotopic (exact) mass is 735 g/mol. The number of carbonyl (C=O) groups is 3. The van der Waals surface area contributed by atoms with Crippen molar-refractivity contribution < 1.29 is 28.6 Å². The number of rotatable bonds is 11. The molecule has 2 aliphatic rings. The maximum absolute atomic E-state index is 13.8. The number of nitrogens with one attached hydrogen (secondary N) is 2. The number of methoxy groups -OCH3 is 1. The Labute approximate surface area is 316 Å². The number of fused-ring (bicyclic) bond motifs is 1. The molecule has 53 heavy (non-hydrogen) atoms. The maximum atomic E-state index is 13.8. The number of hydrogen-bond donors (Lipinski definition) is 2. The highest BCUT2D eigenvalue weighted by atomic mass is 35.5. The zero-order chi connectivity index (χ0) is 37.4. The van der Waals surface area contributed by atoms with E-state index in [0.717, 1.165) is 29.2 Å². The number of hydrogen-bond acceptors (Lipinski definition) is 7. The zero-order valence-corrected chi connectivity index (χ0v) is 31.1. The summed E-state index contributed by atoms with van der Waals surface area (Å²) in [5, 5.41) is 18.4. The summed E-state index contributed by atoms with van der Waals surface area (Å²) in [5.74, 6) is -0.250. The molecular formula is C43H46ClN3O6. The van der Waals surface area contributed by atoms with Crippen LogP contribution in [0.5, 0.6) is 11.5 Å². The van der Waals surface area contributed by atoms with E-state index in [1.54, 1.807) is 18.2 Å². The molecule has 0 aromatic heterocycles. The van der Waals surface area contributed by atoms with Gasteiger partial charge in [-0.3, -0.25) is 14.4 Å². The van der Waals surface area contributed by atoms with E-state index in [-0.39, 0.29) is 52.9 Å². The van der Waals surface area contributed by atoms with Crippen LogP contribution < -0.4 is 20.1 Å². The molecule has 0 spiro atoms. The third-order valence-corrected chi connectivity index (χ3v) is 11.0. The standard InChI is InChI=1S/C43H46ClN3O6/c1-43(42(50)52-27-30-14-9-13-29-12-7-8-15-34(29)30)20-18-33(19-21-43)53-38-24-36(39(51-2)22-31(38)25-45)41(49)47-37-23-32(44)16-17-35(37)40(48)46-26-28-10-5-3-4-6-11-28/h7-9,12-17,22-24,28,33H,3-6,10-11,18-21,26-27H2,1-2H3,(H,46,48)(H,47,49)/t33-,43+. The predicted molar refractivity (Wildman–Crippen MR) is 205 cm³/mol. The smallest absolute Gasteiger partial charge is 0.312 e. The first kappa shape index (κ1) is 37.7. The Balaban J connectivity index is 1.11. The van der Waals surface area contributed by atoms with Gasteiger partial charge in [0.2, 0.25) is 0 Å². The molecule has 0 unspecified atom stereocenters. The van der Waals surface area contributed by atoms with E-state index < -0.39 is 11.3 Å². The van der Waals surface area contributed by atoms with Crippen LogP contribution in [-0.4, -0.2) is 37.5 Å². The number of benzene rings is 4. The second-order valence-corrected chi connectivity index (χ2v) is 14.9. The maximum Gasteiger partial charge on any atom is 0.312 e. The van der Waals surface area contributed by atoms with Crippen LogP contribution in [0.2, 0.25) is 5.02 Å². The third-order valence-electron chi connectivity index (χ3n) is 10.7. The van der Waals surface area contributed by atoms with Crippen LogP contribution >= 0.6 is 11.6 Å². The molecule has 4 aromatic carbocycles. The molecule has 10 heteroatoms. The minimum Gasteiger partial charge on any atom is -0.496 e. The fraction of sp³-hybridized carbons (Fsp3) is 0.395. The van der Waals surface area contributed by atoms with Crippen molar-refractivity contribution in [1.29, 1.82) is 5.26 Å². The van der Waals surface area contributed by atoms with Gasteiger partial charge < -0.3 is 24.8 Å². The minimum absolute atomic E-state index is 0.129. The Hall–Kier alpha value is -5.07. The summed E-state index contributed by atoms with van der Waals surface area (Å²) < 4.78 is 17.7. The van der Waals surface area contributed by atoms with Crippen LogP contribution in [0.3, 0.4) is 0 Å². The van der Waals surface area contributed by atoms with Gasteiger partial charge in [-0.1, -0.05) is 79.7 Å². The number of carbonyl (C=O) groups excluding carboxylic acids is 3. The van der Waals surface area contributed by atoms with Crippen molar-refractivity contribution in [2.24, 2.45) is 11.3 Å². The van der Waals surface area contributed by atoms with Crippen LogP contribution in [0.15, 0.2) is 72.8 Å². The van der Waals surface area contributed by atoms with Crippen molar-refractivity contribution >= 4 is 45.8 Å². The van der Waals surface area contributed by atoms with Gasteiger partial charge in [0.1, 0.15) is 24.2 Å². The Morgan fingerprint density at radius 3 is 2.34 bits per heavy atom. The number of halogens is 1. The SMILES string of the molecule is COc1cc(C#N)c(O[C@H]2CC[C@@](C)(C(=O)OCc3cccc4ccccc34)CC2)cc1C(=O)Nc1cc(Cl)ccc1C(=O)NCC1CCCCCC1. The van der Waals surface area contributed by atoms with Gasteiger partial charge in [-0.25, -0.2) is 0 Å². The van der Waals surface area contributed by atoms with Crippen molar-refractivity contribution in [1.82, 2.24) is 5.32 Å². The highest BCUT2D eigenvalue weighted by molar-refractivity contribution is 6.31. The van der Waals surface area contributed by atoms with E-state index in [1.807, 2.05) is 49.4 Å². The summed E-state index contributed by atoms with van der Waals surface area (Å²) in [6, 6.07) is 23.9. The Morgan fingerprint density at radius 1 is 0.868 bits per heavy atom. The van der Waals surface area contributed by atoms with E-state index in [9.17, 15) is 19.6 Å². The first-order valence-corrected chi connectivity index (χ1v) is 18.9. The summed E-state index contributed by atoms with van der Waals surface area (Å²) in [6.45, 7) is 2.69. The minimum atomic E-state index is -0.676. The van der Waals surface area contributed by atoms with Crippen LogP contribution in [0.25, 0.3) is 10.8 Å². The topological polar surface area (TPSA) is 127 Å². The predicted octanol–water partition coefficient (Wildman–Crippen LogP) is 9.40. The van der Waals surface area contributed by atoms with E-state index in [0.29, 0.717) is 48.7 Å².